The van der Waals surface area contributed by atoms with E-state index in [1.165, 1.54) is 0 Å². The summed E-state index contributed by atoms with van der Waals surface area (Å²) < 4.78 is 5.53. The van der Waals surface area contributed by atoms with Crippen LogP contribution in [0, 0.1) is 11.3 Å². The minimum absolute atomic E-state index is 0.0484. The summed E-state index contributed by atoms with van der Waals surface area (Å²) in [4.78, 5) is 12.6. The molecule has 1 N–H and O–H groups in total. The Kier molecular flexibility index (Phi) is 4.86. The van der Waals surface area contributed by atoms with Crippen LogP contribution < -0.4 is 5.32 Å². The Balaban J connectivity index is 1.74. The Labute approximate surface area is 158 Å². The largest absolute Gasteiger partial charge is 0.376 e. The lowest BCUT2D eigenvalue weighted by Crippen LogP contribution is -2.32. The highest BCUT2D eigenvalue weighted by molar-refractivity contribution is 6.11. The summed E-state index contributed by atoms with van der Waals surface area (Å²) >= 11 is 0. The number of nitrogens with zero attached hydrogens (tertiary/aromatic N) is 1. The number of carbonyl (C=O) groups excluding carboxylic acids is 1. The fourth-order valence-corrected chi connectivity index (χ4v) is 3.60. The minimum Gasteiger partial charge on any atom is -0.376 e. The molecule has 4 nitrogen and oxygen atoms in total. The average Bonchev–Trinajstić information content (AvgIpc) is 3.23. The molecule has 1 amide bonds. The molecule has 4 rings (SSSR count). The summed E-state index contributed by atoms with van der Waals surface area (Å²) in [7, 11) is 0. The summed E-state index contributed by atoms with van der Waals surface area (Å²) in [6, 6.07) is 20.2. The van der Waals surface area contributed by atoms with Gasteiger partial charge in [0.15, 0.2) is 0 Å². The Morgan fingerprint density at radius 1 is 1.15 bits per heavy atom. The Morgan fingerprint density at radius 2 is 1.81 bits per heavy atom. The maximum atomic E-state index is 12.6. The van der Waals surface area contributed by atoms with Gasteiger partial charge in [-0.15, -0.1) is 0 Å². The van der Waals surface area contributed by atoms with Crippen LogP contribution in [-0.2, 0) is 9.53 Å². The van der Waals surface area contributed by atoms with Crippen LogP contribution in [0.2, 0.25) is 0 Å². The molecule has 0 aromatic heterocycles. The fraction of sp³-hybridized carbons (Fsp3) is 0.217. The van der Waals surface area contributed by atoms with Gasteiger partial charge in [0, 0.05) is 13.2 Å². The van der Waals surface area contributed by atoms with E-state index >= 15 is 0 Å². The van der Waals surface area contributed by atoms with Crippen molar-refractivity contribution in [1.82, 2.24) is 5.32 Å². The second-order valence-electron chi connectivity index (χ2n) is 6.75. The lowest BCUT2D eigenvalue weighted by atomic mass is 9.95. The van der Waals surface area contributed by atoms with Gasteiger partial charge in [-0.2, -0.15) is 5.26 Å². The van der Waals surface area contributed by atoms with Gasteiger partial charge >= 0.3 is 0 Å². The van der Waals surface area contributed by atoms with Crippen molar-refractivity contribution in [2.24, 2.45) is 0 Å². The zero-order valence-electron chi connectivity index (χ0n) is 14.9. The molecular weight excluding hydrogens is 336 g/mol. The molecule has 1 heterocycles. The number of fused-ring (bicyclic) bond motifs is 2. The van der Waals surface area contributed by atoms with Crippen LogP contribution in [0.3, 0.4) is 0 Å². The lowest BCUT2D eigenvalue weighted by Gasteiger charge is -2.11. The van der Waals surface area contributed by atoms with Gasteiger partial charge in [-0.3, -0.25) is 4.79 Å². The first-order valence-electron chi connectivity index (χ1n) is 9.18. The van der Waals surface area contributed by atoms with Crippen LogP contribution in [0.5, 0.6) is 0 Å². The molecule has 27 heavy (non-hydrogen) atoms. The summed E-state index contributed by atoms with van der Waals surface area (Å²) in [6.07, 6.45) is 3.71. The van der Waals surface area contributed by atoms with Gasteiger partial charge in [0.05, 0.1) is 6.10 Å². The SMILES string of the molecule is N#C/C(=C/c1c2ccccc2cc2ccccc12)C(=O)NC[C@H]1CCCO1. The number of hydrogen-bond donors (Lipinski definition) is 1. The third-order valence-corrected chi connectivity index (χ3v) is 4.98. The van der Waals surface area contributed by atoms with Crippen molar-refractivity contribution in [1.29, 1.82) is 5.26 Å². The lowest BCUT2D eigenvalue weighted by molar-refractivity contribution is -0.117. The Bertz CT molecular complexity index is 1020. The minimum atomic E-state index is -0.356. The molecular formula is C23H20N2O2. The summed E-state index contributed by atoms with van der Waals surface area (Å²) in [6.45, 7) is 1.18. The van der Waals surface area contributed by atoms with E-state index in [1.807, 2.05) is 48.5 Å². The molecule has 4 heteroatoms. The molecule has 0 unspecified atom stereocenters. The monoisotopic (exact) mass is 356 g/mol. The molecule has 1 fully saturated rings. The van der Waals surface area contributed by atoms with Crippen LogP contribution >= 0.6 is 0 Å². The van der Waals surface area contributed by atoms with Crippen molar-refractivity contribution in [2.45, 2.75) is 18.9 Å². The predicted molar refractivity (Wildman–Crippen MR) is 107 cm³/mol. The molecule has 0 radical (unpaired) electrons. The van der Waals surface area contributed by atoms with E-state index in [1.54, 1.807) is 6.08 Å². The van der Waals surface area contributed by atoms with Gasteiger partial charge in [-0.1, -0.05) is 48.5 Å². The first-order chi connectivity index (χ1) is 13.3. The Hall–Kier alpha value is -3.16. The molecule has 134 valence electrons. The van der Waals surface area contributed by atoms with Gasteiger partial charge in [0.25, 0.3) is 5.91 Å². The summed E-state index contributed by atoms with van der Waals surface area (Å²) in [5, 5.41) is 16.6. The van der Waals surface area contributed by atoms with E-state index < -0.39 is 0 Å². The van der Waals surface area contributed by atoms with Crippen LogP contribution in [0.25, 0.3) is 27.6 Å². The van der Waals surface area contributed by atoms with E-state index in [0.29, 0.717) is 6.54 Å². The maximum Gasteiger partial charge on any atom is 0.262 e. The normalized spacial score (nSPS) is 17.1. The predicted octanol–water partition coefficient (Wildman–Crippen LogP) is 4.20. The second kappa shape index (κ2) is 7.61. The standard InChI is InChI=1S/C23H20N2O2/c24-14-18(23(26)25-15-19-8-5-11-27-19)13-22-20-9-3-1-6-16(20)12-17-7-2-4-10-21(17)22/h1-4,6-7,9-10,12-13,19H,5,8,11,15H2,(H,25,26)/b18-13-/t19-/m1/s1. The summed E-state index contributed by atoms with van der Waals surface area (Å²) in [5.41, 5.74) is 1.00. The number of rotatable bonds is 4. The van der Waals surface area contributed by atoms with Crippen molar-refractivity contribution in [2.75, 3.05) is 13.2 Å². The van der Waals surface area contributed by atoms with Crippen LogP contribution in [-0.4, -0.2) is 25.2 Å². The fourth-order valence-electron chi connectivity index (χ4n) is 3.60. The number of nitrogens with one attached hydrogen (secondary N) is 1. The zero-order chi connectivity index (χ0) is 18.6. The quantitative estimate of drug-likeness (QED) is 0.433. The van der Waals surface area contributed by atoms with E-state index in [9.17, 15) is 10.1 Å². The van der Waals surface area contributed by atoms with E-state index in [-0.39, 0.29) is 17.6 Å². The number of carbonyl (C=O) groups is 1. The van der Waals surface area contributed by atoms with Gasteiger partial charge in [0.2, 0.25) is 0 Å². The zero-order valence-corrected chi connectivity index (χ0v) is 14.9. The highest BCUT2D eigenvalue weighted by Gasteiger charge is 2.18. The number of nitriles is 1. The topological polar surface area (TPSA) is 62.1 Å². The molecule has 1 aliphatic rings. The average molecular weight is 356 g/mol. The summed E-state index contributed by atoms with van der Waals surface area (Å²) in [5.74, 6) is -0.356. The smallest absolute Gasteiger partial charge is 0.262 e. The molecule has 0 bridgehead atoms. The highest BCUT2D eigenvalue weighted by Crippen LogP contribution is 2.30. The molecule has 3 aromatic rings. The first-order valence-corrected chi connectivity index (χ1v) is 9.18. The number of hydrogen-bond acceptors (Lipinski definition) is 3. The second-order valence-corrected chi connectivity index (χ2v) is 6.75. The molecule has 1 saturated heterocycles. The van der Waals surface area contributed by atoms with E-state index in [4.69, 9.17) is 4.74 Å². The molecule has 0 aliphatic carbocycles. The van der Waals surface area contributed by atoms with Crippen molar-refractivity contribution >= 4 is 33.5 Å². The van der Waals surface area contributed by atoms with Gasteiger partial charge in [-0.25, -0.2) is 0 Å². The Morgan fingerprint density at radius 3 is 2.41 bits per heavy atom. The van der Waals surface area contributed by atoms with Crippen LogP contribution in [0.15, 0.2) is 60.2 Å². The van der Waals surface area contributed by atoms with Crippen molar-refractivity contribution in [3.63, 3.8) is 0 Å². The maximum absolute atomic E-state index is 12.6. The van der Waals surface area contributed by atoms with Gasteiger partial charge in [-0.05, 0) is 52.1 Å². The number of benzene rings is 3. The van der Waals surface area contributed by atoms with E-state index in [2.05, 4.69) is 17.5 Å². The third kappa shape index (κ3) is 3.55. The van der Waals surface area contributed by atoms with E-state index in [0.717, 1.165) is 46.6 Å². The van der Waals surface area contributed by atoms with Crippen molar-refractivity contribution in [3.05, 3.63) is 65.7 Å². The van der Waals surface area contributed by atoms with Gasteiger partial charge < -0.3 is 10.1 Å². The molecule has 3 aromatic carbocycles. The van der Waals surface area contributed by atoms with Crippen molar-refractivity contribution in [3.8, 4) is 6.07 Å². The number of amides is 1. The molecule has 0 saturated carbocycles. The third-order valence-electron chi connectivity index (χ3n) is 4.98. The molecule has 0 spiro atoms. The first kappa shape index (κ1) is 17.3. The van der Waals surface area contributed by atoms with Crippen LogP contribution in [0.1, 0.15) is 18.4 Å². The molecule has 1 atom stereocenters. The van der Waals surface area contributed by atoms with Gasteiger partial charge in [0.1, 0.15) is 11.6 Å². The highest BCUT2D eigenvalue weighted by atomic mass is 16.5. The van der Waals surface area contributed by atoms with Crippen molar-refractivity contribution < 1.29 is 9.53 Å². The number of ether oxygens (including phenoxy) is 1. The molecule has 1 aliphatic heterocycles. The van der Waals surface area contributed by atoms with Crippen LogP contribution in [0.4, 0.5) is 0 Å².